The van der Waals surface area contributed by atoms with Crippen LogP contribution in [0.2, 0.25) is 5.02 Å². The number of nitrogens with zero attached hydrogens (tertiary/aromatic N) is 6. The summed E-state index contributed by atoms with van der Waals surface area (Å²) in [6.45, 7) is 0. The summed E-state index contributed by atoms with van der Waals surface area (Å²) >= 11 is 6.29. The number of halogens is 1. The van der Waals surface area contributed by atoms with E-state index < -0.39 is 0 Å². The van der Waals surface area contributed by atoms with E-state index >= 15 is 0 Å². The summed E-state index contributed by atoms with van der Waals surface area (Å²) in [5, 5.41) is 9.72. The number of para-hydroxylation sites is 1. The topological polar surface area (TPSA) is 66.6 Å². The Morgan fingerprint density at radius 1 is 1.03 bits per heavy atom. The van der Waals surface area contributed by atoms with E-state index in [9.17, 15) is 4.79 Å². The normalized spacial score (nSPS) is 15.9. The van der Waals surface area contributed by atoms with Gasteiger partial charge in [-0.3, -0.25) is 14.1 Å². The maximum absolute atomic E-state index is 13.5. The number of rotatable bonds is 3. The van der Waals surface area contributed by atoms with E-state index in [0.29, 0.717) is 10.8 Å². The zero-order valence-electron chi connectivity index (χ0n) is 18.3. The van der Waals surface area contributed by atoms with Gasteiger partial charge < -0.3 is 4.90 Å². The van der Waals surface area contributed by atoms with Crippen LogP contribution in [0.25, 0.3) is 16.7 Å². The molecule has 34 heavy (non-hydrogen) atoms. The molecule has 5 aromatic rings. The number of carbonyl (C=O) groups is 1. The molecule has 0 unspecified atom stereocenters. The van der Waals surface area contributed by atoms with E-state index in [-0.39, 0.29) is 11.3 Å². The van der Waals surface area contributed by atoms with Crippen LogP contribution in [0.4, 0.5) is 22.9 Å². The van der Waals surface area contributed by atoms with Gasteiger partial charge in [0, 0.05) is 23.1 Å². The lowest BCUT2D eigenvalue weighted by Crippen LogP contribution is -2.28. The highest BCUT2D eigenvalue weighted by Gasteiger charge is 2.59. The second-order valence-corrected chi connectivity index (χ2v) is 9.35. The fourth-order valence-corrected chi connectivity index (χ4v) is 5.28. The minimum absolute atomic E-state index is 0.164. The maximum atomic E-state index is 13.5. The molecule has 0 saturated heterocycles. The molecule has 1 spiro atoms. The second-order valence-electron chi connectivity index (χ2n) is 8.92. The van der Waals surface area contributed by atoms with Gasteiger partial charge >= 0.3 is 0 Å². The van der Waals surface area contributed by atoms with Crippen LogP contribution < -0.4 is 9.80 Å². The van der Waals surface area contributed by atoms with E-state index in [1.165, 1.54) is 0 Å². The van der Waals surface area contributed by atoms with Crippen molar-refractivity contribution in [2.24, 2.45) is 0 Å². The molecule has 3 heterocycles. The molecule has 1 aliphatic heterocycles. The molecule has 7 nitrogen and oxygen atoms in total. The van der Waals surface area contributed by atoms with Gasteiger partial charge in [0.15, 0.2) is 0 Å². The number of hydrogen-bond donors (Lipinski definition) is 0. The quantitative estimate of drug-likeness (QED) is 0.355. The van der Waals surface area contributed by atoms with Crippen molar-refractivity contribution in [2.75, 3.05) is 16.8 Å². The Morgan fingerprint density at radius 3 is 2.74 bits per heavy atom. The van der Waals surface area contributed by atoms with E-state index in [0.717, 1.165) is 52.2 Å². The van der Waals surface area contributed by atoms with Crippen LogP contribution in [0.3, 0.4) is 0 Å². The first-order valence-corrected chi connectivity index (χ1v) is 11.5. The number of anilines is 4. The molecular formula is C26H19ClN6O. The first kappa shape index (κ1) is 19.5. The molecule has 1 saturated carbocycles. The van der Waals surface area contributed by atoms with Crippen molar-refractivity contribution in [1.29, 1.82) is 0 Å². The highest BCUT2D eigenvalue weighted by molar-refractivity contribution is 6.31. The monoisotopic (exact) mass is 466 g/mol. The Kier molecular flexibility index (Phi) is 3.88. The number of fused-ring (bicyclic) bond motifs is 5. The zero-order chi connectivity index (χ0) is 23.0. The SMILES string of the molecule is CN(c1cccc(N2C(=O)C3(CC3)c3ccccc32)c1)c1nc2nncn2c2cc(Cl)ccc12. The minimum atomic E-state index is -0.339. The Labute approximate surface area is 200 Å². The number of carbonyl (C=O) groups excluding carboxylic acids is 1. The van der Waals surface area contributed by atoms with Crippen LogP contribution in [0, 0.1) is 0 Å². The highest BCUT2D eigenvalue weighted by Crippen LogP contribution is 2.59. The summed E-state index contributed by atoms with van der Waals surface area (Å²) in [5.41, 5.74) is 4.41. The fourth-order valence-electron chi connectivity index (χ4n) is 5.12. The van der Waals surface area contributed by atoms with Crippen molar-refractivity contribution in [1.82, 2.24) is 19.6 Å². The third-order valence-electron chi connectivity index (χ3n) is 7.01. The van der Waals surface area contributed by atoms with Gasteiger partial charge in [-0.25, -0.2) is 0 Å². The summed E-state index contributed by atoms with van der Waals surface area (Å²) in [6.07, 6.45) is 3.46. The number of hydrogen-bond acceptors (Lipinski definition) is 5. The fraction of sp³-hybridized carbons (Fsp3) is 0.154. The number of aromatic nitrogens is 4. The lowest BCUT2D eigenvalue weighted by atomic mass is 9.98. The lowest BCUT2D eigenvalue weighted by Gasteiger charge is -2.24. The Hall–Kier alpha value is -3.97. The van der Waals surface area contributed by atoms with Crippen molar-refractivity contribution in [2.45, 2.75) is 18.3 Å². The molecule has 3 aromatic carbocycles. The maximum Gasteiger partial charge on any atom is 0.257 e. The standard InChI is InChI=1S/C26H19ClN6O/c1-31(23-19-10-9-16(27)13-22(19)32-15-28-30-25(32)29-23)17-5-4-6-18(14-17)33-21-8-3-2-7-20(21)26(11-12-26)24(33)34/h2-10,13-15H,11-12H2,1H3. The van der Waals surface area contributed by atoms with Gasteiger partial charge in [0.25, 0.3) is 5.78 Å². The van der Waals surface area contributed by atoms with Crippen LogP contribution >= 0.6 is 11.6 Å². The first-order valence-electron chi connectivity index (χ1n) is 11.1. The van der Waals surface area contributed by atoms with Gasteiger partial charge in [0.05, 0.1) is 22.3 Å². The molecule has 2 aliphatic rings. The highest BCUT2D eigenvalue weighted by atomic mass is 35.5. The smallest absolute Gasteiger partial charge is 0.257 e. The molecule has 0 radical (unpaired) electrons. The van der Waals surface area contributed by atoms with Gasteiger partial charge in [-0.05, 0) is 60.9 Å². The van der Waals surface area contributed by atoms with Crippen LogP contribution in [0.15, 0.2) is 73.1 Å². The van der Waals surface area contributed by atoms with E-state index in [4.69, 9.17) is 16.6 Å². The molecule has 2 aromatic heterocycles. The molecule has 1 aliphatic carbocycles. The molecule has 1 amide bonds. The summed E-state index contributed by atoms with van der Waals surface area (Å²) in [5.74, 6) is 1.39. The zero-order valence-corrected chi connectivity index (χ0v) is 19.1. The molecule has 8 heteroatoms. The van der Waals surface area contributed by atoms with Crippen LogP contribution in [-0.4, -0.2) is 32.5 Å². The van der Waals surface area contributed by atoms with Crippen molar-refractivity contribution < 1.29 is 4.79 Å². The van der Waals surface area contributed by atoms with Gasteiger partial charge in [-0.15, -0.1) is 10.2 Å². The van der Waals surface area contributed by atoms with Crippen LogP contribution in [-0.2, 0) is 10.2 Å². The molecular weight excluding hydrogens is 448 g/mol. The molecule has 0 atom stereocenters. The predicted octanol–water partition coefficient (Wildman–Crippen LogP) is 5.41. The third kappa shape index (κ3) is 2.58. The minimum Gasteiger partial charge on any atom is -0.329 e. The van der Waals surface area contributed by atoms with Gasteiger partial charge in [-0.1, -0.05) is 35.9 Å². The summed E-state index contributed by atoms with van der Waals surface area (Å²) < 4.78 is 1.82. The van der Waals surface area contributed by atoms with Crippen molar-refractivity contribution in [3.63, 3.8) is 0 Å². The van der Waals surface area contributed by atoms with Crippen LogP contribution in [0.1, 0.15) is 18.4 Å². The van der Waals surface area contributed by atoms with Crippen molar-refractivity contribution >= 4 is 57.1 Å². The van der Waals surface area contributed by atoms with Gasteiger partial charge in [0.1, 0.15) is 12.1 Å². The third-order valence-corrected chi connectivity index (χ3v) is 7.25. The van der Waals surface area contributed by atoms with E-state index in [1.807, 2.05) is 81.9 Å². The predicted molar refractivity (Wildman–Crippen MR) is 132 cm³/mol. The van der Waals surface area contributed by atoms with Gasteiger partial charge in [0.2, 0.25) is 5.91 Å². The summed E-state index contributed by atoms with van der Waals surface area (Å²) in [4.78, 5) is 22.1. The molecule has 0 N–H and O–H groups in total. The average molecular weight is 467 g/mol. The Morgan fingerprint density at radius 2 is 1.88 bits per heavy atom. The Balaban J connectivity index is 1.36. The largest absolute Gasteiger partial charge is 0.329 e. The summed E-state index contributed by atoms with van der Waals surface area (Å²) in [7, 11) is 1.96. The first-order chi connectivity index (χ1) is 16.6. The van der Waals surface area contributed by atoms with Gasteiger partial charge in [-0.2, -0.15) is 4.98 Å². The average Bonchev–Trinajstić information content (AvgIpc) is 3.46. The Bertz CT molecular complexity index is 1640. The summed E-state index contributed by atoms with van der Waals surface area (Å²) in [6, 6.07) is 21.8. The lowest BCUT2D eigenvalue weighted by molar-refractivity contribution is -0.119. The second kappa shape index (κ2) is 6.77. The van der Waals surface area contributed by atoms with E-state index in [2.05, 4.69) is 16.3 Å². The van der Waals surface area contributed by atoms with Crippen molar-refractivity contribution in [3.8, 4) is 0 Å². The number of benzene rings is 3. The van der Waals surface area contributed by atoms with Crippen LogP contribution in [0.5, 0.6) is 0 Å². The molecule has 7 rings (SSSR count). The molecule has 166 valence electrons. The van der Waals surface area contributed by atoms with Crippen molar-refractivity contribution in [3.05, 3.63) is 83.6 Å². The number of amides is 1. The molecule has 1 fully saturated rings. The molecule has 0 bridgehead atoms. The van der Waals surface area contributed by atoms with E-state index in [1.54, 1.807) is 6.33 Å².